The number of fused-ring (bicyclic) bond motifs is 1. The van der Waals surface area contributed by atoms with Gasteiger partial charge in [0.15, 0.2) is 0 Å². The molecule has 4 aromatic rings. The van der Waals surface area contributed by atoms with Crippen molar-refractivity contribution in [3.05, 3.63) is 105 Å². The molecule has 0 atom stereocenters. The number of hydrogen-bond acceptors (Lipinski definition) is 4. The van der Waals surface area contributed by atoms with Crippen LogP contribution in [0.4, 0.5) is 11.4 Å². The number of carbonyl (C=O) groups excluding carboxylic acids is 1. The van der Waals surface area contributed by atoms with E-state index in [9.17, 15) is 14.4 Å². The molecule has 0 aliphatic heterocycles. The van der Waals surface area contributed by atoms with Crippen LogP contribution >= 0.6 is 0 Å². The van der Waals surface area contributed by atoms with Crippen molar-refractivity contribution >= 4 is 28.2 Å². The van der Waals surface area contributed by atoms with Gasteiger partial charge >= 0.3 is 169 Å². The molecule has 0 spiro atoms. The van der Waals surface area contributed by atoms with Gasteiger partial charge in [-0.1, -0.05) is 12.1 Å². The Morgan fingerprint density at radius 3 is 2.33 bits per heavy atom. The molecule has 3 N–H and O–H groups in total. The Labute approximate surface area is 192 Å². The van der Waals surface area contributed by atoms with Gasteiger partial charge in [0.2, 0.25) is 0 Å². The summed E-state index contributed by atoms with van der Waals surface area (Å²) in [6, 6.07) is 20.9. The molecule has 1 amide bonds. The van der Waals surface area contributed by atoms with Gasteiger partial charge in [0, 0.05) is 0 Å². The summed E-state index contributed by atoms with van der Waals surface area (Å²) in [5, 5.41) is 3.29. The number of nitrogens with two attached hydrogens (primary N) is 1. The van der Waals surface area contributed by atoms with Crippen LogP contribution in [0, 0.1) is 0 Å². The van der Waals surface area contributed by atoms with E-state index in [1.54, 1.807) is 68.4 Å². The molecule has 3 aromatic carbocycles. The van der Waals surface area contributed by atoms with Crippen LogP contribution in [0.15, 0.2) is 82.4 Å². The van der Waals surface area contributed by atoms with E-state index >= 15 is 0 Å². The zero-order valence-corrected chi connectivity index (χ0v) is 18.7. The first-order valence-electron chi connectivity index (χ1n) is 9.20. The average molecular weight is 474 g/mol. The number of benzene rings is 3. The topological polar surface area (TPSA) is 99.1 Å². The third kappa shape index (κ3) is 3.86. The molecule has 0 bridgehead atoms. The molecule has 1 heterocycles. The first kappa shape index (κ1) is 20.3. The monoisotopic (exact) mass is 474 g/mol. The molecule has 0 unspecified atom stereocenters. The normalized spacial score (nSPS) is 10.8. The molecular weight excluding hydrogens is 457 g/mol. The Hall–Kier alpha value is -3.03. The van der Waals surface area contributed by atoms with Crippen LogP contribution < -0.4 is 22.3 Å². The quantitative estimate of drug-likeness (QED) is 0.444. The maximum absolute atomic E-state index is 12.8. The van der Waals surface area contributed by atoms with E-state index in [-0.39, 0.29) is 23.7 Å². The fourth-order valence-electron chi connectivity index (χ4n) is 3.22. The van der Waals surface area contributed by atoms with Crippen molar-refractivity contribution in [3.63, 3.8) is 0 Å². The summed E-state index contributed by atoms with van der Waals surface area (Å²) < 4.78 is 2.82. The van der Waals surface area contributed by atoms with Crippen LogP contribution in [0.3, 0.4) is 0 Å². The number of nitrogen functional groups attached to an aromatic ring is 1. The summed E-state index contributed by atoms with van der Waals surface area (Å²) >= 11 is 0.542. The Kier molecular flexibility index (Phi) is 5.66. The van der Waals surface area contributed by atoms with Crippen molar-refractivity contribution in [3.8, 4) is 0 Å². The SMILES string of the molecule is Nc1ccccc1NC(=O)c1ccc(Cn2c(=O)c3ccccc3[n]([Y])c2=O)cc1. The number of aromatic nitrogens is 2. The van der Waals surface area contributed by atoms with Crippen molar-refractivity contribution in [2.45, 2.75) is 6.54 Å². The Morgan fingerprint density at radius 1 is 0.933 bits per heavy atom. The number of anilines is 2. The summed E-state index contributed by atoms with van der Waals surface area (Å²) in [5.41, 5.74) is 8.09. The zero-order chi connectivity index (χ0) is 21.3. The fraction of sp³-hybridized carbons (Fsp3) is 0.0455. The van der Waals surface area contributed by atoms with Gasteiger partial charge in [-0.15, -0.1) is 0 Å². The minimum absolute atomic E-state index is 0.136. The van der Waals surface area contributed by atoms with Gasteiger partial charge in [0.25, 0.3) is 0 Å². The van der Waals surface area contributed by atoms with Crippen molar-refractivity contribution in [1.82, 2.24) is 6.27 Å². The Bertz CT molecular complexity index is 1370. The van der Waals surface area contributed by atoms with Gasteiger partial charge in [0.1, 0.15) is 0 Å². The molecule has 4 rings (SSSR count). The molecule has 0 fully saturated rings. The van der Waals surface area contributed by atoms with Crippen LogP contribution in [-0.4, -0.2) is 12.2 Å². The molecule has 7 nitrogen and oxygen atoms in total. The fourth-order valence-corrected chi connectivity index (χ4v) is 4.11. The van der Waals surface area contributed by atoms with Gasteiger partial charge in [0.05, 0.1) is 0 Å². The van der Waals surface area contributed by atoms with Gasteiger partial charge < -0.3 is 5.73 Å². The molecule has 8 heteroatoms. The van der Waals surface area contributed by atoms with Gasteiger partial charge in [-0.05, 0) is 6.07 Å². The molecule has 1 aromatic heterocycles. The zero-order valence-electron chi connectivity index (χ0n) is 15.9. The number of para-hydroxylation sites is 3. The summed E-state index contributed by atoms with van der Waals surface area (Å²) in [6.07, 6.45) is 0. The van der Waals surface area contributed by atoms with Crippen LogP contribution in [0.2, 0.25) is 0 Å². The van der Waals surface area contributed by atoms with E-state index in [0.717, 1.165) is 5.56 Å². The van der Waals surface area contributed by atoms with Crippen LogP contribution in [0.25, 0.3) is 10.9 Å². The van der Waals surface area contributed by atoms with E-state index in [0.29, 0.717) is 59.1 Å². The number of rotatable bonds is 4. The number of nitrogens with zero attached hydrogens (tertiary/aromatic N) is 2. The second kappa shape index (κ2) is 8.38. The molecular formula is C22H17N4O3Y. The number of carbonyl (C=O) groups is 1. The Morgan fingerprint density at radius 2 is 1.60 bits per heavy atom. The number of hydrogen-bond donors (Lipinski definition) is 2. The molecule has 30 heavy (non-hydrogen) atoms. The molecule has 0 saturated heterocycles. The van der Waals surface area contributed by atoms with Crippen molar-refractivity contribution in [1.29, 1.82) is 0 Å². The molecule has 146 valence electrons. The predicted molar refractivity (Wildman–Crippen MR) is 112 cm³/mol. The third-order valence-electron chi connectivity index (χ3n) is 4.84. The minimum atomic E-state index is -0.331. The van der Waals surface area contributed by atoms with Gasteiger partial charge in [-0.2, -0.15) is 0 Å². The summed E-state index contributed by atoms with van der Waals surface area (Å²) in [6.45, 7) is 0.136. The maximum atomic E-state index is 12.8. The second-order valence-corrected chi connectivity index (χ2v) is 8.07. The molecule has 0 saturated carbocycles. The van der Waals surface area contributed by atoms with Crippen molar-refractivity contribution in [2.24, 2.45) is 0 Å². The summed E-state index contributed by atoms with van der Waals surface area (Å²) in [7, 11) is 0. The summed E-state index contributed by atoms with van der Waals surface area (Å²) in [4.78, 5) is 38.0. The van der Waals surface area contributed by atoms with Crippen LogP contribution in [0.1, 0.15) is 15.9 Å². The first-order valence-corrected chi connectivity index (χ1v) is 10.5. The van der Waals surface area contributed by atoms with E-state index in [1.807, 2.05) is 6.07 Å². The molecule has 0 radical (unpaired) electrons. The first-order chi connectivity index (χ1) is 14.5. The molecule has 0 aliphatic rings. The van der Waals surface area contributed by atoms with E-state index in [1.165, 1.54) is 4.57 Å². The average Bonchev–Trinajstić information content (AvgIpc) is 2.77. The van der Waals surface area contributed by atoms with Crippen LogP contribution in [0.5, 0.6) is 0 Å². The predicted octanol–water partition coefficient (Wildman–Crippen LogP) is 2.36. The second-order valence-electron chi connectivity index (χ2n) is 6.80. The standard InChI is InChI=1S/C22H18N4O3.Y/c23-17-6-2-4-8-19(17)24-20(27)15-11-9-14(10-12-15)13-26-21(28)16-5-1-3-7-18(16)25-22(26)29;/h1-12H,13,23H2,(H2,24,25,27,28,29);/q;+1/p-1. The van der Waals surface area contributed by atoms with E-state index in [2.05, 4.69) is 5.32 Å². The van der Waals surface area contributed by atoms with E-state index < -0.39 is 0 Å². The van der Waals surface area contributed by atoms with Gasteiger partial charge in [-0.25, -0.2) is 0 Å². The third-order valence-corrected chi connectivity index (χ3v) is 6.07. The Balaban J connectivity index is 1.60. The van der Waals surface area contributed by atoms with Crippen molar-refractivity contribution in [2.75, 3.05) is 11.1 Å². The van der Waals surface area contributed by atoms with Crippen molar-refractivity contribution < 1.29 is 36.1 Å². The molecule has 0 aliphatic carbocycles. The number of amides is 1. The van der Waals surface area contributed by atoms with E-state index in [4.69, 9.17) is 5.73 Å². The summed E-state index contributed by atoms with van der Waals surface area (Å²) in [5.74, 6) is -0.288. The number of nitrogens with one attached hydrogen (secondary N) is 1. The van der Waals surface area contributed by atoms with Crippen LogP contribution in [-0.2, 0) is 37.8 Å². The van der Waals surface area contributed by atoms with Gasteiger partial charge in [-0.3, -0.25) is 0 Å².